The molecule has 3 rings (SSSR count). The molecule has 0 aliphatic carbocycles. The highest BCUT2D eigenvalue weighted by Crippen LogP contribution is 2.25. The van der Waals surface area contributed by atoms with Crippen molar-refractivity contribution in [3.63, 3.8) is 0 Å². The van der Waals surface area contributed by atoms with Crippen LogP contribution in [0.25, 0.3) is 0 Å². The first-order chi connectivity index (χ1) is 12.5. The molecule has 0 spiro atoms. The molecule has 1 saturated heterocycles. The zero-order chi connectivity index (χ0) is 18.5. The molecule has 0 aromatic heterocycles. The van der Waals surface area contributed by atoms with Gasteiger partial charge in [-0.3, -0.25) is 4.79 Å². The van der Waals surface area contributed by atoms with Crippen LogP contribution in [0.1, 0.15) is 18.9 Å². The molecule has 26 heavy (non-hydrogen) atoms. The van der Waals surface area contributed by atoms with Crippen molar-refractivity contribution in [3.05, 3.63) is 54.1 Å². The van der Waals surface area contributed by atoms with Gasteiger partial charge in [0.1, 0.15) is 17.2 Å². The third-order valence-corrected chi connectivity index (χ3v) is 4.76. The van der Waals surface area contributed by atoms with Gasteiger partial charge >= 0.3 is 0 Å². The van der Waals surface area contributed by atoms with E-state index in [2.05, 4.69) is 6.92 Å². The number of carbonyl (C=O) groups is 1. The fraction of sp³-hybridized carbons (Fsp3) is 0.381. The van der Waals surface area contributed by atoms with Crippen LogP contribution in [0.3, 0.4) is 0 Å². The van der Waals surface area contributed by atoms with Gasteiger partial charge in [-0.05, 0) is 69.1 Å². The Kier molecular flexibility index (Phi) is 5.78. The van der Waals surface area contributed by atoms with E-state index in [9.17, 15) is 4.79 Å². The molecule has 2 aromatic rings. The van der Waals surface area contributed by atoms with Crippen LogP contribution in [0.15, 0.2) is 48.5 Å². The number of nitrogens with two attached hydrogens (primary N) is 1. The Morgan fingerprint density at radius 3 is 2.23 bits per heavy atom. The number of rotatable bonds is 6. The van der Waals surface area contributed by atoms with Gasteiger partial charge < -0.3 is 20.1 Å². The van der Waals surface area contributed by atoms with Crippen molar-refractivity contribution in [1.29, 1.82) is 0 Å². The number of ether oxygens (including phenoxy) is 2. The molecule has 138 valence electrons. The molecule has 2 aromatic carbocycles. The number of aryl methyl sites for hydroxylation is 1. The van der Waals surface area contributed by atoms with Crippen molar-refractivity contribution in [2.45, 2.75) is 26.3 Å². The number of likely N-dealkylation sites (tertiary alicyclic amines) is 1. The Hall–Kier alpha value is -2.53. The molecule has 0 radical (unpaired) electrons. The fourth-order valence-corrected chi connectivity index (χ4v) is 3.23. The highest BCUT2D eigenvalue weighted by Gasteiger charge is 2.31. The Balaban J connectivity index is 1.51. The average Bonchev–Trinajstić information content (AvgIpc) is 3.04. The number of carbonyl (C=O) groups excluding carboxylic acids is 1. The summed E-state index contributed by atoms with van der Waals surface area (Å²) in [7, 11) is 0. The van der Waals surface area contributed by atoms with Gasteiger partial charge in [0.15, 0.2) is 6.61 Å². The van der Waals surface area contributed by atoms with Crippen molar-refractivity contribution in [2.24, 2.45) is 11.7 Å². The topological polar surface area (TPSA) is 64.8 Å². The van der Waals surface area contributed by atoms with Crippen molar-refractivity contribution in [1.82, 2.24) is 4.90 Å². The van der Waals surface area contributed by atoms with Crippen LogP contribution in [-0.4, -0.2) is 36.5 Å². The lowest BCUT2D eigenvalue weighted by molar-refractivity contribution is -0.134. The SMILES string of the molecule is Cc1ccc(Oc2ccc(OCC(=O)N3CC(CN)CC3C)cc2)cc1. The van der Waals surface area contributed by atoms with Gasteiger partial charge in [-0.15, -0.1) is 0 Å². The Labute approximate surface area is 154 Å². The van der Waals surface area contributed by atoms with E-state index in [0.29, 0.717) is 18.2 Å². The first-order valence-corrected chi connectivity index (χ1v) is 9.02. The van der Waals surface area contributed by atoms with E-state index in [4.69, 9.17) is 15.2 Å². The smallest absolute Gasteiger partial charge is 0.260 e. The van der Waals surface area contributed by atoms with Gasteiger partial charge in [0, 0.05) is 12.6 Å². The minimum Gasteiger partial charge on any atom is -0.484 e. The number of nitrogens with zero attached hydrogens (tertiary/aromatic N) is 1. The molecule has 5 heteroatoms. The molecule has 0 saturated carbocycles. The van der Waals surface area contributed by atoms with Gasteiger partial charge in [-0.25, -0.2) is 0 Å². The molecule has 1 aliphatic heterocycles. The van der Waals surface area contributed by atoms with E-state index in [1.807, 2.05) is 60.4 Å². The third-order valence-electron chi connectivity index (χ3n) is 4.76. The second-order valence-corrected chi connectivity index (χ2v) is 6.91. The van der Waals surface area contributed by atoms with Crippen molar-refractivity contribution in [2.75, 3.05) is 19.7 Å². The van der Waals surface area contributed by atoms with Crippen molar-refractivity contribution < 1.29 is 14.3 Å². The molecule has 1 heterocycles. The minimum atomic E-state index is 0.00781. The van der Waals surface area contributed by atoms with Crippen LogP contribution in [0.4, 0.5) is 0 Å². The van der Waals surface area contributed by atoms with Crippen LogP contribution in [0.5, 0.6) is 17.2 Å². The second-order valence-electron chi connectivity index (χ2n) is 6.91. The first kappa shape index (κ1) is 18.3. The number of amides is 1. The zero-order valence-electron chi connectivity index (χ0n) is 15.4. The van der Waals surface area contributed by atoms with Crippen LogP contribution in [-0.2, 0) is 4.79 Å². The van der Waals surface area contributed by atoms with E-state index in [-0.39, 0.29) is 18.6 Å². The zero-order valence-corrected chi connectivity index (χ0v) is 15.4. The van der Waals surface area contributed by atoms with Gasteiger partial charge in [-0.2, -0.15) is 0 Å². The minimum absolute atomic E-state index is 0.00781. The van der Waals surface area contributed by atoms with Crippen LogP contribution >= 0.6 is 0 Å². The van der Waals surface area contributed by atoms with Crippen LogP contribution in [0.2, 0.25) is 0 Å². The Morgan fingerprint density at radius 1 is 1.08 bits per heavy atom. The number of hydrogen-bond donors (Lipinski definition) is 1. The Bertz CT molecular complexity index is 728. The Morgan fingerprint density at radius 2 is 1.65 bits per heavy atom. The summed E-state index contributed by atoms with van der Waals surface area (Å²) in [5, 5.41) is 0. The molecule has 5 nitrogen and oxygen atoms in total. The van der Waals surface area contributed by atoms with Gasteiger partial charge in [0.05, 0.1) is 0 Å². The molecular formula is C21H26N2O3. The van der Waals surface area contributed by atoms with Crippen LogP contribution in [0, 0.1) is 12.8 Å². The summed E-state index contributed by atoms with van der Waals surface area (Å²) in [6, 6.07) is 15.4. The third kappa shape index (κ3) is 4.55. The maximum atomic E-state index is 12.4. The van der Waals surface area contributed by atoms with Crippen molar-refractivity contribution in [3.8, 4) is 17.2 Å². The predicted molar refractivity (Wildman–Crippen MR) is 102 cm³/mol. The summed E-state index contributed by atoms with van der Waals surface area (Å²) >= 11 is 0. The van der Waals surface area contributed by atoms with E-state index in [0.717, 1.165) is 24.5 Å². The standard InChI is InChI=1S/C21H26N2O3/c1-15-3-5-19(6-4-15)26-20-9-7-18(8-10-20)25-14-21(24)23-13-17(12-22)11-16(23)2/h3-10,16-17H,11-14,22H2,1-2H3. The normalized spacial score (nSPS) is 19.4. The summed E-state index contributed by atoms with van der Waals surface area (Å²) in [5.74, 6) is 2.57. The predicted octanol–water partition coefficient (Wildman–Crippen LogP) is 3.36. The molecule has 0 bridgehead atoms. The largest absolute Gasteiger partial charge is 0.484 e. The monoisotopic (exact) mass is 354 g/mol. The average molecular weight is 354 g/mol. The molecule has 1 fully saturated rings. The molecule has 1 amide bonds. The number of hydrogen-bond acceptors (Lipinski definition) is 4. The molecule has 2 atom stereocenters. The lowest BCUT2D eigenvalue weighted by atomic mass is 10.1. The van der Waals surface area contributed by atoms with E-state index in [1.54, 1.807) is 0 Å². The number of benzene rings is 2. The summed E-state index contributed by atoms with van der Waals surface area (Å²) in [6.45, 7) is 5.49. The van der Waals surface area contributed by atoms with Gasteiger partial charge in [0.25, 0.3) is 5.91 Å². The van der Waals surface area contributed by atoms with Crippen molar-refractivity contribution >= 4 is 5.91 Å². The highest BCUT2D eigenvalue weighted by molar-refractivity contribution is 5.78. The summed E-state index contributed by atoms with van der Waals surface area (Å²) in [6.07, 6.45) is 0.966. The summed E-state index contributed by atoms with van der Waals surface area (Å²) < 4.78 is 11.4. The van der Waals surface area contributed by atoms with Gasteiger partial charge in [-0.1, -0.05) is 17.7 Å². The van der Waals surface area contributed by atoms with Gasteiger partial charge in [0.2, 0.25) is 0 Å². The first-order valence-electron chi connectivity index (χ1n) is 9.02. The van der Waals surface area contributed by atoms with E-state index < -0.39 is 0 Å². The lowest BCUT2D eigenvalue weighted by Crippen LogP contribution is -2.37. The second kappa shape index (κ2) is 8.23. The molecular weight excluding hydrogens is 328 g/mol. The summed E-state index contributed by atoms with van der Waals surface area (Å²) in [5.41, 5.74) is 6.91. The maximum Gasteiger partial charge on any atom is 0.260 e. The van der Waals surface area contributed by atoms with E-state index >= 15 is 0 Å². The fourth-order valence-electron chi connectivity index (χ4n) is 3.23. The highest BCUT2D eigenvalue weighted by atomic mass is 16.5. The lowest BCUT2D eigenvalue weighted by Gasteiger charge is -2.21. The molecule has 1 aliphatic rings. The molecule has 2 unspecified atom stereocenters. The summed E-state index contributed by atoms with van der Waals surface area (Å²) in [4.78, 5) is 14.2. The maximum absolute atomic E-state index is 12.4. The van der Waals surface area contributed by atoms with E-state index in [1.165, 1.54) is 5.56 Å². The van der Waals surface area contributed by atoms with Crippen LogP contribution < -0.4 is 15.2 Å². The quantitative estimate of drug-likeness (QED) is 0.864. The molecule has 2 N–H and O–H groups in total.